The van der Waals surface area contributed by atoms with Gasteiger partial charge in [-0.25, -0.2) is 13.1 Å². The van der Waals surface area contributed by atoms with Crippen molar-refractivity contribution in [2.45, 2.75) is 31.7 Å². The first-order chi connectivity index (χ1) is 9.13. The largest absolute Gasteiger partial charge is 0.398 e. The van der Waals surface area contributed by atoms with Crippen molar-refractivity contribution < 1.29 is 13.2 Å². The number of hydrogen-bond donors (Lipinski definition) is 3. The van der Waals surface area contributed by atoms with Crippen molar-refractivity contribution in [3.05, 3.63) is 22.7 Å². The first-order valence-corrected chi connectivity index (χ1v) is 7.84. The lowest BCUT2D eigenvalue weighted by Gasteiger charge is -2.12. The molecule has 0 bridgehead atoms. The Morgan fingerprint density at radius 3 is 2.55 bits per heavy atom. The molecule has 0 aromatic heterocycles. The van der Waals surface area contributed by atoms with Crippen LogP contribution >= 0.6 is 11.6 Å². The molecule has 0 radical (unpaired) electrons. The van der Waals surface area contributed by atoms with Crippen LogP contribution in [0.3, 0.4) is 0 Å². The molecule has 0 spiro atoms. The Kier molecular flexibility index (Phi) is 5.38. The summed E-state index contributed by atoms with van der Waals surface area (Å²) in [5.74, 6) is -0.417. The van der Waals surface area contributed by atoms with Crippen LogP contribution in [0.5, 0.6) is 0 Å². The maximum absolute atomic E-state index is 12.1. The van der Waals surface area contributed by atoms with Crippen molar-refractivity contribution >= 4 is 33.2 Å². The number of nitrogens with one attached hydrogen (secondary N) is 2. The van der Waals surface area contributed by atoms with Crippen LogP contribution in [-0.2, 0) is 14.8 Å². The Labute approximate surface area is 123 Å². The molecular formula is C12H18ClN3O3S. The van der Waals surface area contributed by atoms with Crippen molar-refractivity contribution in [3.63, 3.8) is 0 Å². The third-order valence-corrected chi connectivity index (χ3v) is 4.35. The van der Waals surface area contributed by atoms with Gasteiger partial charge in [-0.2, -0.15) is 0 Å². The number of carbonyl (C=O) groups excluding carboxylic acids is 1. The molecule has 0 heterocycles. The highest BCUT2D eigenvalue weighted by Gasteiger charge is 2.20. The van der Waals surface area contributed by atoms with Crippen molar-refractivity contribution in [2.75, 3.05) is 12.3 Å². The summed E-state index contributed by atoms with van der Waals surface area (Å²) < 4.78 is 26.3. The van der Waals surface area contributed by atoms with E-state index in [2.05, 4.69) is 10.0 Å². The molecule has 1 aromatic rings. The Balaban J connectivity index is 2.90. The minimum Gasteiger partial charge on any atom is -0.398 e. The average molecular weight is 320 g/mol. The highest BCUT2D eigenvalue weighted by molar-refractivity contribution is 7.89. The number of carbonyl (C=O) groups is 1. The number of nitrogens with two attached hydrogens (primary N) is 1. The van der Waals surface area contributed by atoms with Gasteiger partial charge in [0.05, 0.1) is 11.6 Å². The van der Waals surface area contributed by atoms with E-state index < -0.39 is 15.9 Å². The summed E-state index contributed by atoms with van der Waals surface area (Å²) in [6, 6.07) is 2.69. The third-order valence-electron chi connectivity index (χ3n) is 2.48. The maximum Gasteiger partial charge on any atom is 0.242 e. The minimum absolute atomic E-state index is 0.0634. The van der Waals surface area contributed by atoms with Gasteiger partial charge in [-0.1, -0.05) is 11.6 Å². The van der Waals surface area contributed by atoms with Gasteiger partial charge in [-0.3, -0.25) is 4.79 Å². The van der Waals surface area contributed by atoms with Crippen molar-refractivity contribution in [1.29, 1.82) is 0 Å². The Morgan fingerprint density at radius 1 is 1.40 bits per heavy atom. The molecule has 0 aliphatic heterocycles. The van der Waals surface area contributed by atoms with E-state index in [1.165, 1.54) is 12.1 Å². The average Bonchev–Trinajstić information content (AvgIpc) is 2.30. The molecule has 112 valence electrons. The highest BCUT2D eigenvalue weighted by Crippen LogP contribution is 2.26. The zero-order valence-corrected chi connectivity index (χ0v) is 13.1. The zero-order chi connectivity index (χ0) is 15.5. The summed E-state index contributed by atoms with van der Waals surface area (Å²) >= 11 is 5.91. The molecule has 0 atom stereocenters. The van der Waals surface area contributed by atoms with Gasteiger partial charge in [0.1, 0.15) is 4.90 Å². The molecule has 1 aromatic carbocycles. The van der Waals surface area contributed by atoms with E-state index in [0.717, 1.165) is 0 Å². The minimum atomic E-state index is -3.88. The van der Waals surface area contributed by atoms with Gasteiger partial charge in [0.25, 0.3) is 0 Å². The van der Waals surface area contributed by atoms with Gasteiger partial charge in [0.2, 0.25) is 15.9 Å². The normalized spacial score (nSPS) is 11.7. The maximum atomic E-state index is 12.1. The number of amides is 1. The second-order valence-electron chi connectivity index (χ2n) is 4.69. The molecule has 0 saturated heterocycles. The molecule has 0 aliphatic rings. The SMILES string of the molecule is Cc1cc(Cl)c(S(=O)(=O)NCC(=O)NC(C)C)cc1N. The van der Waals surface area contributed by atoms with Gasteiger partial charge in [0, 0.05) is 11.7 Å². The highest BCUT2D eigenvalue weighted by atomic mass is 35.5. The van der Waals surface area contributed by atoms with Crippen LogP contribution in [0.4, 0.5) is 5.69 Å². The van der Waals surface area contributed by atoms with Crippen molar-refractivity contribution in [1.82, 2.24) is 10.0 Å². The standard InChI is InChI=1S/C12H18ClN3O3S/c1-7(2)16-12(17)6-15-20(18,19)11-5-10(14)8(3)4-9(11)13/h4-5,7,15H,6,14H2,1-3H3,(H,16,17). The first kappa shape index (κ1) is 16.7. The number of benzene rings is 1. The lowest BCUT2D eigenvalue weighted by Crippen LogP contribution is -2.39. The van der Waals surface area contributed by atoms with Crippen LogP contribution in [0.1, 0.15) is 19.4 Å². The van der Waals surface area contributed by atoms with E-state index in [1.807, 2.05) is 0 Å². The molecule has 0 aliphatic carbocycles. The van der Waals surface area contributed by atoms with E-state index in [4.69, 9.17) is 17.3 Å². The third kappa shape index (κ3) is 4.36. The van der Waals surface area contributed by atoms with Crippen LogP contribution in [0.2, 0.25) is 5.02 Å². The van der Waals surface area contributed by atoms with E-state index in [0.29, 0.717) is 11.3 Å². The Hall–Kier alpha value is -1.31. The number of anilines is 1. The molecule has 6 nitrogen and oxygen atoms in total. The van der Waals surface area contributed by atoms with Crippen LogP contribution < -0.4 is 15.8 Å². The Morgan fingerprint density at radius 2 is 2.00 bits per heavy atom. The fraction of sp³-hybridized carbons (Fsp3) is 0.417. The van der Waals surface area contributed by atoms with Crippen LogP contribution in [-0.4, -0.2) is 26.9 Å². The number of nitrogen functional groups attached to an aromatic ring is 1. The quantitative estimate of drug-likeness (QED) is 0.706. The number of rotatable bonds is 5. The summed E-state index contributed by atoms with van der Waals surface area (Å²) in [6.45, 7) is 4.93. The molecule has 0 unspecified atom stereocenters. The first-order valence-electron chi connectivity index (χ1n) is 5.98. The van der Waals surface area contributed by atoms with Gasteiger partial charge < -0.3 is 11.1 Å². The lowest BCUT2D eigenvalue weighted by molar-refractivity contribution is -0.120. The summed E-state index contributed by atoms with van der Waals surface area (Å²) in [7, 11) is -3.88. The smallest absolute Gasteiger partial charge is 0.242 e. The molecular weight excluding hydrogens is 302 g/mol. The van der Waals surface area contributed by atoms with Gasteiger partial charge in [-0.15, -0.1) is 0 Å². The number of hydrogen-bond acceptors (Lipinski definition) is 4. The predicted molar refractivity (Wildman–Crippen MR) is 79.1 cm³/mol. The lowest BCUT2D eigenvalue weighted by atomic mass is 10.2. The van der Waals surface area contributed by atoms with E-state index in [1.54, 1.807) is 20.8 Å². The van der Waals surface area contributed by atoms with Crippen LogP contribution in [0.15, 0.2) is 17.0 Å². The predicted octanol–water partition coefficient (Wildman–Crippen LogP) is 1.03. The summed E-state index contributed by atoms with van der Waals surface area (Å²) in [6.07, 6.45) is 0. The van der Waals surface area contributed by atoms with Gasteiger partial charge in [0.15, 0.2) is 0 Å². The second kappa shape index (κ2) is 6.43. The molecule has 4 N–H and O–H groups in total. The molecule has 1 amide bonds. The summed E-state index contributed by atoms with van der Waals surface area (Å²) in [5.41, 5.74) is 6.69. The summed E-state index contributed by atoms with van der Waals surface area (Å²) in [5, 5.41) is 2.64. The number of sulfonamides is 1. The Bertz CT molecular complexity index is 615. The molecule has 0 saturated carbocycles. The van der Waals surface area contributed by atoms with E-state index >= 15 is 0 Å². The topological polar surface area (TPSA) is 101 Å². The van der Waals surface area contributed by atoms with E-state index in [9.17, 15) is 13.2 Å². The van der Waals surface area contributed by atoms with E-state index in [-0.39, 0.29) is 22.5 Å². The molecule has 0 fully saturated rings. The van der Waals surface area contributed by atoms with Crippen molar-refractivity contribution in [3.8, 4) is 0 Å². The number of halogens is 1. The molecule has 20 heavy (non-hydrogen) atoms. The monoisotopic (exact) mass is 319 g/mol. The molecule has 1 rings (SSSR count). The summed E-state index contributed by atoms with van der Waals surface area (Å²) in [4.78, 5) is 11.3. The van der Waals surface area contributed by atoms with Crippen LogP contribution in [0.25, 0.3) is 0 Å². The van der Waals surface area contributed by atoms with Gasteiger partial charge >= 0.3 is 0 Å². The number of aryl methyl sites for hydroxylation is 1. The van der Waals surface area contributed by atoms with Crippen molar-refractivity contribution in [2.24, 2.45) is 0 Å². The van der Waals surface area contributed by atoms with Gasteiger partial charge in [-0.05, 0) is 38.5 Å². The fourth-order valence-electron chi connectivity index (χ4n) is 1.49. The zero-order valence-electron chi connectivity index (χ0n) is 11.5. The molecule has 8 heteroatoms. The fourth-order valence-corrected chi connectivity index (χ4v) is 3.08. The second-order valence-corrected chi connectivity index (χ2v) is 6.83. The van der Waals surface area contributed by atoms with Crippen LogP contribution in [0, 0.1) is 6.92 Å².